The number of amides is 1. The normalized spacial score (nSPS) is 14.8. The minimum Gasteiger partial charge on any atom is -0.325 e. The van der Waals surface area contributed by atoms with E-state index in [0.29, 0.717) is 11.8 Å². The van der Waals surface area contributed by atoms with Gasteiger partial charge in [-0.2, -0.15) is 0 Å². The molecular weight excluding hydrogens is 380 g/mol. The Morgan fingerprint density at radius 1 is 1.03 bits per heavy atom. The molecule has 1 saturated carbocycles. The highest BCUT2D eigenvalue weighted by Crippen LogP contribution is 2.41. The van der Waals surface area contributed by atoms with Gasteiger partial charge < -0.3 is 5.32 Å². The fourth-order valence-corrected chi connectivity index (χ4v) is 4.22. The van der Waals surface area contributed by atoms with Gasteiger partial charge in [-0.25, -0.2) is 0 Å². The Kier molecular flexibility index (Phi) is 5.72. The maximum atomic E-state index is 12.9. The van der Waals surface area contributed by atoms with E-state index in [2.05, 4.69) is 52.1 Å². The molecule has 0 saturated heterocycles. The van der Waals surface area contributed by atoms with Crippen LogP contribution in [0.2, 0.25) is 0 Å². The number of rotatable bonds is 7. The summed E-state index contributed by atoms with van der Waals surface area (Å²) >= 11 is 1.45. The first-order chi connectivity index (χ1) is 14.0. The lowest BCUT2D eigenvalue weighted by molar-refractivity contribution is -0.115. The van der Waals surface area contributed by atoms with Gasteiger partial charge in [0.25, 0.3) is 0 Å². The first-order valence-electron chi connectivity index (χ1n) is 10.1. The van der Waals surface area contributed by atoms with E-state index >= 15 is 0 Å². The van der Waals surface area contributed by atoms with Crippen LogP contribution in [0.3, 0.4) is 0 Å². The highest BCUT2D eigenvalue weighted by atomic mass is 32.2. The van der Waals surface area contributed by atoms with Crippen LogP contribution in [0.1, 0.15) is 56.8 Å². The second-order valence-electron chi connectivity index (χ2n) is 7.78. The third kappa shape index (κ3) is 4.37. The average molecular weight is 407 g/mol. The van der Waals surface area contributed by atoms with E-state index in [4.69, 9.17) is 0 Å². The van der Waals surface area contributed by atoms with Gasteiger partial charge in [-0.1, -0.05) is 62.0 Å². The molecular formula is C23H26N4OS. The minimum absolute atomic E-state index is 0.0290. The van der Waals surface area contributed by atoms with Crippen LogP contribution in [0.5, 0.6) is 0 Å². The van der Waals surface area contributed by atoms with Crippen LogP contribution in [0.4, 0.5) is 5.69 Å². The van der Waals surface area contributed by atoms with Crippen molar-refractivity contribution < 1.29 is 4.79 Å². The second-order valence-corrected chi connectivity index (χ2v) is 9.09. The highest BCUT2D eigenvalue weighted by Gasteiger charge is 2.32. The van der Waals surface area contributed by atoms with Crippen LogP contribution >= 0.6 is 11.8 Å². The van der Waals surface area contributed by atoms with E-state index in [1.165, 1.54) is 11.8 Å². The van der Waals surface area contributed by atoms with Gasteiger partial charge in [-0.3, -0.25) is 9.36 Å². The summed E-state index contributed by atoms with van der Waals surface area (Å²) in [6, 6.07) is 18.1. The van der Waals surface area contributed by atoms with Gasteiger partial charge >= 0.3 is 0 Å². The molecule has 1 amide bonds. The maximum Gasteiger partial charge on any atom is 0.237 e. The zero-order valence-electron chi connectivity index (χ0n) is 17.0. The molecule has 6 heteroatoms. The molecule has 0 aliphatic heterocycles. The number of thioether (sulfide) groups is 1. The number of anilines is 1. The molecule has 1 aliphatic rings. The molecule has 0 unspecified atom stereocenters. The summed E-state index contributed by atoms with van der Waals surface area (Å²) in [7, 11) is 0. The van der Waals surface area contributed by atoms with Gasteiger partial charge in [0.1, 0.15) is 5.82 Å². The molecule has 1 N–H and O–H groups in total. The molecule has 1 heterocycles. The molecule has 29 heavy (non-hydrogen) atoms. The number of aromatic nitrogens is 3. The Bertz CT molecular complexity index is 995. The Hall–Kier alpha value is -2.60. The number of carbonyl (C=O) groups excluding carboxylic acids is 1. The molecule has 0 bridgehead atoms. The average Bonchev–Trinajstić information content (AvgIpc) is 3.49. The number of carbonyl (C=O) groups is 1. The van der Waals surface area contributed by atoms with Crippen LogP contribution < -0.4 is 5.32 Å². The summed E-state index contributed by atoms with van der Waals surface area (Å²) in [5, 5.41) is 12.4. The minimum atomic E-state index is -0.297. The summed E-state index contributed by atoms with van der Waals surface area (Å²) < 4.78 is 2.11. The number of nitrogens with one attached hydrogen (secondary N) is 1. The summed E-state index contributed by atoms with van der Waals surface area (Å²) in [6.45, 7) is 6.18. The fraction of sp³-hybridized carbons (Fsp3) is 0.348. The fourth-order valence-electron chi connectivity index (χ4n) is 3.34. The van der Waals surface area contributed by atoms with E-state index in [1.54, 1.807) is 0 Å². The number of benzene rings is 2. The van der Waals surface area contributed by atoms with E-state index in [1.807, 2.05) is 43.3 Å². The van der Waals surface area contributed by atoms with Crippen molar-refractivity contribution in [3.8, 4) is 5.69 Å². The Labute approximate surface area is 175 Å². The smallest absolute Gasteiger partial charge is 0.237 e. The Morgan fingerprint density at radius 2 is 1.72 bits per heavy atom. The van der Waals surface area contributed by atoms with Crippen molar-refractivity contribution in [2.45, 2.75) is 55.9 Å². The number of nitrogens with zero attached hydrogens (tertiary/aromatic N) is 3. The van der Waals surface area contributed by atoms with Gasteiger partial charge in [-0.15, -0.1) is 10.2 Å². The quantitative estimate of drug-likeness (QED) is 0.535. The van der Waals surface area contributed by atoms with Gasteiger partial charge in [-0.05, 0) is 49.4 Å². The molecule has 150 valence electrons. The van der Waals surface area contributed by atoms with Gasteiger partial charge in [0.2, 0.25) is 5.91 Å². The molecule has 0 spiro atoms. The number of para-hydroxylation sites is 2. The van der Waals surface area contributed by atoms with Gasteiger partial charge in [0, 0.05) is 17.3 Å². The van der Waals surface area contributed by atoms with E-state index in [-0.39, 0.29) is 11.2 Å². The van der Waals surface area contributed by atoms with Crippen LogP contribution in [-0.2, 0) is 4.79 Å². The number of hydrogen-bond acceptors (Lipinski definition) is 4. The first-order valence-corrected chi connectivity index (χ1v) is 11.0. The molecule has 1 aliphatic carbocycles. The lowest BCUT2D eigenvalue weighted by Crippen LogP contribution is -2.23. The predicted octanol–water partition coefficient (Wildman–Crippen LogP) is 5.39. The summed E-state index contributed by atoms with van der Waals surface area (Å²) in [5.74, 6) is 1.78. The molecule has 0 radical (unpaired) electrons. The monoisotopic (exact) mass is 406 g/mol. The van der Waals surface area contributed by atoms with Crippen LogP contribution in [0.25, 0.3) is 5.69 Å². The second kappa shape index (κ2) is 8.41. The van der Waals surface area contributed by atoms with Crippen molar-refractivity contribution >= 4 is 23.4 Å². The van der Waals surface area contributed by atoms with Crippen LogP contribution in [0, 0.1) is 0 Å². The molecule has 1 fully saturated rings. The third-order valence-electron chi connectivity index (χ3n) is 5.11. The predicted molar refractivity (Wildman–Crippen MR) is 118 cm³/mol. The van der Waals surface area contributed by atoms with Crippen LogP contribution in [0.15, 0.2) is 59.8 Å². The molecule has 2 aromatic carbocycles. The topological polar surface area (TPSA) is 59.8 Å². The number of hydrogen-bond donors (Lipinski definition) is 1. The third-order valence-corrected chi connectivity index (χ3v) is 6.15. The lowest BCUT2D eigenvalue weighted by Gasteiger charge is -2.17. The zero-order valence-corrected chi connectivity index (χ0v) is 17.8. The van der Waals surface area contributed by atoms with Crippen molar-refractivity contribution in [2.75, 3.05) is 5.32 Å². The Morgan fingerprint density at radius 3 is 2.41 bits per heavy atom. The molecule has 4 rings (SSSR count). The zero-order chi connectivity index (χ0) is 20.4. The van der Waals surface area contributed by atoms with E-state index in [9.17, 15) is 4.79 Å². The maximum absolute atomic E-state index is 12.9. The van der Waals surface area contributed by atoms with Crippen LogP contribution in [-0.4, -0.2) is 25.9 Å². The van der Waals surface area contributed by atoms with E-state index in [0.717, 1.165) is 40.8 Å². The molecule has 5 nitrogen and oxygen atoms in total. The molecule has 3 aromatic rings. The molecule has 1 aromatic heterocycles. The van der Waals surface area contributed by atoms with Crippen molar-refractivity contribution in [3.63, 3.8) is 0 Å². The SMILES string of the molecule is CC(C)c1ccccc1NC(=O)[C@@H](C)Sc1nnc(C2CC2)n1-c1ccccc1. The molecule has 1 atom stereocenters. The summed E-state index contributed by atoms with van der Waals surface area (Å²) in [5.41, 5.74) is 3.06. The standard InChI is InChI=1S/C23H26N4OS/c1-15(2)19-11-7-8-12-20(19)24-22(28)16(3)29-23-26-25-21(17-13-14-17)27(23)18-9-5-4-6-10-18/h4-12,15-17H,13-14H2,1-3H3,(H,24,28)/t16-/m1/s1. The van der Waals surface area contributed by atoms with E-state index < -0.39 is 0 Å². The van der Waals surface area contributed by atoms with Gasteiger partial charge in [0.15, 0.2) is 5.16 Å². The van der Waals surface area contributed by atoms with Gasteiger partial charge in [0.05, 0.1) is 5.25 Å². The highest BCUT2D eigenvalue weighted by molar-refractivity contribution is 8.00. The van der Waals surface area contributed by atoms with Crippen molar-refractivity contribution in [1.82, 2.24) is 14.8 Å². The van der Waals surface area contributed by atoms with Crippen molar-refractivity contribution in [1.29, 1.82) is 0 Å². The summed E-state index contributed by atoms with van der Waals surface area (Å²) in [4.78, 5) is 12.9. The Balaban J connectivity index is 1.55. The largest absolute Gasteiger partial charge is 0.325 e. The summed E-state index contributed by atoms with van der Waals surface area (Å²) in [6.07, 6.45) is 2.30. The van der Waals surface area contributed by atoms with Crippen molar-refractivity contribution in [2.24, 2.45) is 0 Å². The first kappa shape index (κ1) is 19.7. The lowest BCUT2D eigenvalue weighted by atomic mass is 10.0. The van der Waals surface area contributed by atoms with Crippen molar-refractivity contribution in [3.05, 3.63) is 66.0 Å².